The Labute approximate surface area is 124 Å². The van der Waals surface area contributed by atoms with Crippen molar-refractivity contribution >= 4 is 5.69 Å². The number of nitrogens with zero attached hydrogens (tertiary/aromatic N) is 1. The molecule has 3 heteroatoms. The number of ether oxygens (including phenoxy) is 1. The van der Waals surface area contributed by atoms with Gasteiger partial charge in [-0.1, -0.05) is 30.3 Å². The van der Waals surface area contributed by atoms with Crippen molar-refractivity contribution in [3.63, 3.8) is 0 Å². The number of pyridine rings is 1. The second-order valence-electron chi connectivity index (χ2n) is 4.62. The Morgan fingerprint density at radius 2 is 1.52 bits per heavy atom. The smallest absolute Gasteiger partial charge is 0.150 e. The first-order chi connectivity index (χ1) is 10.4. The Balaban J connectivity index is 1.73. The molecule has 21 heavy (non-hydrogen) atoms. The number of benzene rings is 2. The van der Waals surface area contributed by atoms with E-state index in [2.05, 4.69) is 10.3 Å². The molecule has 0 saturated carbocycles. The van der Waals surface area contributed by atoms with Gasteiger partial charge in [-0.3, -0.25) is 4.98 Å². The molecule has 0 atom stereocenters. The van der Waals surface area contributed by atoms with Crippen molar-refractivity contribution in [3.8, 4) is 11.5 Å². The van der Waals surface area contributed by atoms with Gasteiger partial charge in [0.15, 0.2) is 5.75 Å². The summed E-state index contributed by atoms with van der Waals surface area (Å²) in [6.45, 7) is 0.734. The van der Waals surface area contributed by atoms with Gasteiger partial charge in [0.25, 0.3) is 0 Å². The zero-order valence-corrected chi connectivity index (χ0v) is 11.6. The van der Waals surface area contributed by atoms with E-state index in [1.165, 1.54) is 5.56 Å². The van der Waals surface area contributed by atoms with E-state index in [-0.39, 0.29) is 0 Å². The molecule has 0 unspecified atom stereocenters. The lowest BCUT2D eigenvalue weighted by Gasteiger charge is -2.13. The van der Waals surface area contributed by atoms with Crippen molar-refractivity contribution in [2.45, 2.75) is 6.54 Å². The molecule has 104 valence electrons. The third kappa shape index (κ3) is 3.60. The van der Waals surface area contributed by atoms with Crippen LogP contribution in [0.2, 0.25) is 0 Å². The zero-order valence-electron chi connectivity index (χ0n) is 11.6. The van der Waals surface area contributed by atoms with Crippen LogP contribution in [0.1, 0.15) is 5.56 Å². The number of nitrogens with one attached hydrogen (secondary N) is 1. The minimum atomic E-state index is 0.734. The summed E-state index contributed by atoms with van der Waals surface area (Å²) < 4.78 is 5.92. The summed E-state index contributed by atoms with van der Waals surface area (Å²) in [4.78, 5) is 4.02. The first-order valence-corrected chi connectivity index (χ1v) is 6.86. The third-order valence-corrected chi connectivity index (χ3v) is 3.09. The first kappa shape index (κ1) is 13.2. The van der Waals surface area contributed by atoms with Crippen molar-refractivity contribution in [1.29, 1.82) is 0 Å². The Hall–Kier alpha value is -2.81. The Morgan fingerprint density at radius 1 is 0.810 bits per heavy atom. The van der Waals surface area contributed by atoms with Gasteiger partial charge in [0.2, 0.25) is 0 Å². The quantitative estimate of drug-likeness (QED) is 0.745. The average Bonchev–Trinajstić information content (AvgIpc) is 2.56. The maximum atomic E-state index is 5.92. The molecule has 0 fully saturated rings. The van der Waals surface area contributed by atoms with Gasteiger partial charge in [-0.15, -0.1) is 0 Å². The summed E-state index contributed by atoms with van der Waals surface area (Å²) >= 11 is 0. The monoisotopic (exact) mass is 276 g/mol. The molecule has 0 spiro atoms. The Morgan fingerprint density at radius 3 is 2.33 bits per heavy atom. The highest BCUT2D eigenvalue weighted by Gasteiger charge is 2.03. The molecule has 0 bridgehead atoms. The fraction of sp³-hybridized carbons (Fsp3) is 0.0556. The van der Waals surface area contributed by atoms with Crippen LogP contribution in [0.25, 0.3) is 0 Å². The van der Waals surface area contributed by atoms with Gasteiger partial charge in [0, 0.05) is 18.9 Å². The molecular formula is C18H16N2O. The molecular weight excluding hydrogens is 260 g/mol. The summed E-state index contributed by atoms with van der Waals surface area (Å²) in [7, 11) is 0. The van der Waals surface area contributed by atoms with Crippen molar-refractivity contribution in [2.24, 2.45) is 0 Å². The molecule has 0 saturated heterocycles. The standard InChI is InChI=1S/C18H16N2O/c1-2-6-16(7-3-1)21-18-9-5-4-8-17(18)20-14-15-10-12-19-13-11-15/h1-13,20H,14H2. The second-order valence-corrected chi connectivity index (χ2v) is 4.62. The van der Waals surface area contributed by atoms with Gasteiger partial charge in [-0.05, 0) is 42.0 Å². The lowest BCUT2D eigenvalue weighted by Crippen LogP contribution is -2.01. The predicted molar refractivity (Wildman–Crippen MR) is 84.5 cm³/mol. The molecule has 3 rings (SSSR count). The molecule has 2 aromatic carbocycles. The van der Waals surface area contributed by atoms with Crippen LogP contribution in [0.15, 0.2) is 79.1 Å². The number of anilines is 1. The van der Waals surface area contributed by atoms with Gasteiger partial charge in [-0.25, -0.2) is 0 Å². The average molecular weight is 276 g/mol. The molecule has 3 nitrogen and oxygen atoms in total. The summed E-state index contributed by atoms with van der Waals surface area (Å²) in [5, 5.41) is 3.40. The number of aromatic nitrogens is 1. The highest BCUT2D eigenvalue weighted by atomic mass is 16.5. The minimum Gasteiger partial charge on any atom is -0.455 e. The third-order valence-electron chi connectivity index (χ3n) is 3.09. The molecule has 0 amide bonds. The van der Waals surface area contributed by atoms with Crippen LogP contribution in [0.4, 0.5) is 5.69 Å². The van der Waals surface area contributed by atoms with Crippen LogP contribution in [0.5, 0.6) is 11.5 Å². The number of hydrogen-bond donors (Lipinski definition) is 1. The molecule has 1 N–H and O–H groups in total. The van der Waals surface area contributed by atoms with Crippen LogP contribution >= 0.6 is 0 Å². The molecule has 0 aliphatic heterocycles. The predicted octanol–water partition coefficient (Wildman–Crippen LogP) is 4.49. The highest BCUT2D eigenvalue weighted by Crippen LogP contribution is 2.29. The van der Waals surface area contributed by atoms with E-state index in [4.69, 9.17) is 4.74 Å². The number of rotatable bonds is 5. The topological polar surface area (TPSA) is 34.1 Å². The van der Waals surface area contributed by atoms with Crippen LogP contribution in [0.3, 0.4) is 0 Å². The highest BCUT2D eigenvalue weighted by molar-refractivity contribution is 5.57. The van der Waals surface area contributed by atoms with Crippen LogP contribution in [-0.2, 0) is 6.54 Å². The van der Waals surface area contributed by atoms with Crippen LogP contribution < -0.4 is 10.1 Å². The van der Waals surface area contributed by atoms with Gasteiger partial charge in [0.1, 0.15) is 5.75 Å². The van der Waals surface area contributed by atoms with Gasteiger partial charge < -0.3 is 10.1 Å². The van der Waals surface area contributed by atoms with E-state index in [9.17, 15) is 0 Å². The fourth-order valence-electron chi connectivity index (χ4n) is 2.02. The van der Waals surface area contributed by atoms with Crippen molar-refractivity contribution in [1.82, 2.24) is 4.98 Å². The van der Waals surface area contributed by atoms with E-state index in [1.54, 1.807) is 12.4 Å². The molecule has 3 aromatic rings. The fourth-order valence-corrected chi connectivity index (χ4v) is 2.02. The normalized spacial score (nSPS) is 10.1. The lowest BCUT2D eigenvalue weighted by molar-refractivity contribution is 0.484. The largest absolute Gasteiger partial charge is 0.455 e. The van der Waals surface area contributed by atoms with Crippen molar-refractivity contribution in [3.05, 3.63) is 84.7 Å². The zero-order chi connectivity index (χ0) is 14.3. The van der Waals surface area contributed by atoms with E-state index in [1.807, 2.05) is 66.7 Å². The van der Waals surface area contributed by atoms with Crippen LogP contribution in [-0.4, -0.2) is 4.98 Å². The van der Waals surface area contributed by atoms with E-state index in [0.717, 1.165) is 23.7 Å². The molecule has 0 aliphatic rings. The molecule has 1 aromatic heterocycles. The number of para-hydroxylation sites is 3. The SMILES string of the molecule is c1ccc(Oc2ccccc2NCc2ccncc2)cc1. The van der Waals surface area contributed by atoms with Gasteiger partial charge >= 0.3 is 0 Å². The molecule has 0 radical (unpaired) electrons. The second kappa shape index (κ2) is 6.57. The lowest BCUT2D eigenvalue weighted by atomic mass is 10.2. The Bertz CT molecular complexity index is 684. The van der Waals surface area contributed by atoms with E-state index in [0.29, 0.717) is 0 Å². The van der Waals surface area contributed by atoms with Crippen molar-refractivity contribution < 1.29 is 4.74 Å². The van der Waals surface area contributed by atoms with E-state index >= 15 is 0 Å². The van der Waals surface area contributed by atoms with Crippen molar-refractivity contribution in [2.75, 3.05) is 5.32 Å². The number of hydrogen-bond acceptors (Lipinski definition) is 3. The minimum absolute atomic E-state index is 0.734. The first-order valence-electron chi connectivity index (χ1n) is 6.86. The molecule has 0 aliphatic carbocycles. The van der Waals surface area contributed by atoms with Crippen LogP contribution in [0, 0.1) is 0 Å². The summed E-state index contributed by atoms with van der Waals surface area (Å²) in [5.74, 6) is 1.65. The maximum absolute atomic E-state index is 5.92. The summed E-state index contributed by atoms with van der Waals surface area (Å²) in [6.07, 6.45) is 3.59. The van der Waals surface area contributed by atoms with Gasteiger partial charge in [0.05, 0.1) is 5.69 Å². The molecule has 1 heterocycles. The van der Waals surface area contributed by atoms with E-state index < -0.39 is 0 Å². The maximum Gasteiger partial charge on any atom is 0.150 e. The summed E-state index contributed by atoms with van der Waals surface area (Å²) in [5.41, 5.74) is 2.15. The Kier molecular flexibility index (Phi) is 4.12. The van der Waals surface area contributed by atoms with Gasteiger partial charge in [-0.2, -0.15) is 0 Å². The summed E-state index contributed by atoms with van der Waals surface area (Å²) in [6, 6.07) is 21.7.